The van der Waals surface area contributed by atoms with Crippen molar-refractivity contribution in [1.82, 2.24) is 5.32 Å². The summed E-state index contributed by atoms with van der Waals surface area (Å²) < 4.78 is 5.11. The minimum Gasteiger partial charge on any atom is -0.464 e. The van der Waals surface area contributed by atoms with E-state index in [9.17, 15) is 9.59 Å². The van der Waals surface area contributed by atoms with Crippen LogP contribution in [-0.2, 0) is 20.7 Å². The predicted octanol–water partition coefficient (Wildman–Crippen LogP) is 1.45. The highest BCUT2D eigenvalue weighted by atomic mass is 16.5. The smallest absolute Gasteiger partial charge is 0.329 e. The first kappa shape index (κ1) is 14.2. The number of esters is 1. The Morgan fingerprint density at radius 1 is 1.33 bits per heavy atom. The Labute approximate surface area is 107 Å². The van der Waals surface area contributed by atoms with Gasteiger partial charge in [-0.15, -0.1) is 0 Å². The van der Waals surface area contributed by atoms with Gasteiger partial charge < -0.3 is 10.1 Å². The van der Waals surface area contributed by atoms with E-state index in [0.717, 1.165) is 5.56 Å². The molecule has 1 N–H and O–H groups in total. The van der Waals surface area contributed by atoms with E-state index in [0.29, 0.717) is 13.0 Å². The second kappa shape index (κ2) is 7.48. The summed E-state index contributed by atoms with van der Waals surface area (Å²) in [7, 11) is 0. The van der Waals surface area contributed by atoms with Crippen LogP contribution in [0.1, 0.15) is 19.4 Å². The summed E-state index contributed by atoms with van der Waals surface area (Å²) in [6.45, 7) is 4.27. The summed E-state index contributed by atoms with van der Waals surface area (Å²) >= 11 is 0. The monoisotopic (exact) mass is 248 g/mol. The number of carbonyl (C=O) groups excluding carboxylic acids is 2. The SMILES string of the molecule is CC(C)COC(=O)C(Cc1ccccc1)N[C]=O. The Bertz CT molecular complexity index is 376. The summed E-state index contributed by atoms with van der Waals surface area (Å²) in [5.74, 6) is -0.151. The van der Waals surface area contributed by atoms with Crippen molar-refractivity contribution in [2.75, 3.05) is 6.61 Å². The van der Waals surface area contributed by atoms with Gasteiger partial charge in [0.1, 0.15) is 6.04 Å². The Balaban J connectivity index is 2.59. The molecule has 0 aliphatic rings. The number of nitrogens with one attached hydrogen (secondary N) is 1. The zero-order valence-electron chi connectivity index (χ0n) is 10.7. The molecule has 0 spiro atoms. The van der Waals surface area contributed by atoms with E-state index < -0.39 is 12.0 Å². The molecule has 0 bridgehead atoms. The Morgan fingerprint density at radius 2 is 2.00 bits per heavy atom. The number of carbonyl (C=O) groups is 1. The molecule has 0 fully saturated rings. The van der Waals surface area contributed by atoms with Crippen LogP contribution in [0.25, 0.3) is 0 Å². The fourth-order valence-corrected chi connectivity index (χ4v) is 1.46. The number of hydrogen-bond donors (Lipinski definition) is 1. The van der Waals surface area contributed by atoms with Crippen molar-refractivity contribution in [3.05, 3.63) is 35.9 Å². The molecule has 4 heteroatoms. The lowest BCUT2D eigenvalue weighted by molar-refractivity contribution is -0.146. The maximum absolute atomic E-state index is 11.8. The van der Waals surface area contributed by atoms with Gasteiger partial charge in [0.2, 0.25) is 0 Å². The highest BCUT2D eigenvalue weighted by molar-refractivity contribution is 5.78. The van der Waals surface area contributed by atoms with Gasteiger partial charge in [0.05, 0.1) is 6.61 Å². The minimum absolute atomic E-state index is 0.270. The first-order chi connectivity index (χ1) is 8.63. The van der Waals surface area contributed by atoms with Crippen molar-refractivity contribution in [2.45, 2.75) is 26.3 Å². The van der Waals surface area contributed by atoms with Crippen LogP contribution < -0.4 is 5.32 Å². The highest BCUT2D eigenvalue weighted by Gasteiger charge is 2.20. The third-order valence-electron chi connectivity index (χ3n) is 2.36. The van der Waals surface area contributed by atoms with Crippen LogP contribution in [0.5, 0.6) is 0 Å². The Hall–Kier alpha value is -1.84. The zero-order valence-corrected chi connectivity index (χ0v) is 10.7. The molecule has 0 aliphatic carbocycles. The van der Waals surface area contributed by atoms with E-state index >= 15 is 0 Å². The van der Waals surface area contributed by atoms with Crippen LogP contribution in [0.15, 0.2) is 30.3 Å². The van der Waals surface area contributed by atoms with E-state index in [1.807, 2.05) is 44.2 Å². The van der Waals surface area contributed by atoms with Crippen molar-refractivity contribution >= 4 is 12.4 Å². The van der Waals surface area contributed by atoms with Crippen molar-refractivity contribution in [2.24, 2.45) is 5.92 Å². The molecule has 0 aliphatic heterocycles. The Kier molecular flexibility index (Phi) is 5.91. The van der Waals surface area contributed by atoms with Gasteiger partial charge in [-0.05, 0) is 11.5 Å². The van der Waals surface area contributed by atoms with Gasteiger partial charge in [0.15, 0.2) is 0 Å². The van der Waals surface area contributed by atoms with E-state index in [1.165, 1.54) is 0 Å². The topological polar surface area (TPSA) is 55.4 Å². The fourth-order valence-electron chi connectivity index (χ4n) is 1.46. The van der Waals surface area contributed by atoms with E-state index in [4.69, 9.17) is 4.74 Å². The highest BCUT2D eigenvalue weighted by Crippen LogP contribution is 2.05. The van der Waals surface area contributed by atoms with Crippen molar-refractivity contribution in [3.63, 3.8) is 0 Å². The molecule has 1 aromatic carbocycles. The summed E-state index contributed by atoms with van der Waals surface area (Å²) in [5, 5.41) is 2.37. The second-order valence-electron chi connectivity index (χ2n) is 4.51. The summed E-state index contributed by atoms with van der Waals surface area (Å²) in [6.07, 6.45) is 1.97. The largest absolute Gasteiger partial charge is 0.464 e. The van der Waals surface area contributed by atoms with Crippen LogP contribution in [0.2, 0.25) is 0 Å². The molecular formula is C14H18NO3. The van der Waals surface area contributed by atoms with E-state index in [2.05, 4.69) is 5.32 Å². The maximum Gasteiger partial charge on any atom is 0.329 e. The molecule has 1 radical (unpaired) electrons. The summed E-state index contributed by atoms with van der Waals surface area (Å²) in [4.78, 5) is 22.2. The van der Waals surface area contributed by atoms with Gasteiger partial charge in [-0.1, -0.05) is 44.2 Å². The third kappa shape index (κ3) is 4.99. The molecule has 4 nitrogen and oxygen atoms in total. The summed E-state index contributed by atoms with van der Waals surface area (Å²) in [6, 6.07) is 8.79. The second-order valence-corrected chi connectivity index (χ2v) is 4.51. The molecule has 1 unspecified atom stereocenters. The molecule has 1 rings (SSSR count). The van der Waals surface area contributed by atoms with E-state index in [1.54, 1.807) is 6.41 Å². The number of amides is 1. The first-order valence-electron chi connectivity index (χ1n) is 5.96. The van der Waals surface area contributed by atoms with Gasteiger partial charge in [-0.3, -0.25) is 4.79 Å². The molecule has 0 heterocycles. The predicted molar refractivity (Wildman–Crippen MR) is 68.6 cm³/mol. The van der Waals surface area contributed by atoms with Crippen LogP contribution in [0.3, 0.4) is 0 Å². The molecule has 0 saturated heterocycles. The van der Waals surface area contributed by atoms with Gasteiger partial charge >= 0.3 is 12.4 Å². The third-order valence-corrected chi connectivity index (χ3v) is 2.36. The zero-order chi connectivity index (χ0) is 13.4. The lowest BCUT2D eigenvalue weighted by atomic mass is 10.1. The molecule has 1 aromatic rings. The van der Waals surface area contributed by atoms with Gasteiger partial charge in [0, 0.05) is 6.42 Å². The normalized spacial score (nSPS) is 11.9. The van der Waals surface area contributed by atoms with Crippen LogP contribution in [0.4, 0.5) is 0 Å². The maximum atomic E-state index is 11.8. The number of benzene rings is 1. The molecular weight excluding hydrogens is 230 g/mol. The van der Waals surface area contributed by atoms with Crippen molar-refractivity contribution < 1.29 is 14.3 Å². The van der Waals surface area contributed by atoms with Crippen molar-refractivity contribution in [3.8, 4) is 0 Å². The summed E-state index contributed by atoms with van der Waals surface area (Å²) in [5.41, 5.74) is 0.965. The molecule has 18 heavy (non-hydrogen) atoms. The molecule has 1 amide bonds. The minimum atomic E-state index is -0.677. The number of rotatable bonds is 7. The standard InChI is InChI=1S/C14H18NO3/c1-11(2)9-18-14(17)13(15-10-16)8-12-6-4-3-5-7-12/h3-7,11,13H,8-9H2,1-2H3,(H,15,16). The lowest BCUT2D eigenvalue weighted by Crippen LogP contribution is -2.39. The molecule has 97 valence electrons. The van der Waals surface area contributed by atoms with Crippen LogP contribution in [-0.4, -0.2) is 25.0 Å². The first-order valence-corrected chi connectivity index (χ1v) is 5.96. The number of ether oxygens (including phenoxy) is 1. The molecule has 1 atom stereocenters. The number of hydrogen-bond acceptors (Lipinski definition) is 3. The lowest BCUT2D eigenvalue weighted by Gasteiger charge is -2.15. The van der Waals surface area contributed by atoms with Crippen molar-refractivity contribution in [1.29, 1.82) is 0 Å². The van der Waals surface area contributed by atoms with E-state index in [-0.39, 0.29) is 5.92 Å². The fraction of sp³-hybridized carbons (Fsp3) is 0.429. The average molecular weight is 248 g/mol. The van der Waals surface area contributed by atoms with Crippen LogP contribution >= 0.6 is 0 Å². The van der Waals surface area contributed by atoms with Gasteiger partial charge in [-0.25, -0.2) is 4.79 Å². The Morgan fingerprint density at radius 3 is 2.56 bits per heavy atom. The average Bonchev–Trinajstić information content (AvgIpc) is 2.36. The van der Waals surface area contributed by atoms with Gasteiger partial charge in [0.25, 0.3) is 0 Å². The van der Waals surface area contributed by atoms with Crippen LogP contribution in [0, 0.1) is 5.92 Å². The molecule has 0 saturated carbocycles. The quantitative estimate of drug-likeness (QED) is 0.587. The molecule has 0 aromatic heterocycles. The van der Waals surface area contributed by atoms with Gasteiger partial charge in [-0.2, -0.15) is 0 Å².